The fourth-order valence-corrected chi connectivity index (χ4v) is 5.60. The number of amides is 2. The molecule has 2 saturated heterocycles. The van der Waals surface area contributed by atoms with E-state index in [4.69, 9.17) is 19.4 Å². The summed E-state index contributed by atoms with van der Waals surface area (Å²) >= 11 is 1.52. The van der Waals surface area contributed by atoms with Crippen molar-refractivity contribution >= 4 is 38.4 Å². The van der Waals surface area contributed by atoms with Crippen LogP contribution in [0.4, 0.5) is 4.79 Å². The number of morpholine rings is 1. The molecule has 2 fully saturated rings. The van der Waals surface area contributed by atoms with Crippen molar-refractivity contribution in [3.05, 3.63) is 17.1 Å². The number of piperidine rings is 1. The van der Waals surface area contributed by atoms with Crippen molar-refractivity contribution in [2.75, 3.05) is 46.0 Å². The van der Waals surface area contributed by atoms with Gasteiger partial charge in [-0.2, -0.15) is 0 Å². The summed E-state index contributed by atoms with van der Waals surface area (Å²) in [4.78, 5) is 26.4. The van der Waals surface area contributed by atoms with E-state index < -0.39 is 0 Å². The van der Waals surface area contributed by atoms with Crippen molar-refractivity contribution in [3.8, 4) is 0 Å². The van der Waals surface area contributed by atoms with E-state index in [9.17, 15) is 4.79 Å². The summed E-state index contributed by atoms with van der Waals surface area (Å²) in [6.45, 7) is 12.8. The van der Waals surface area contributed by atoms with Crippen molar-refractivity contribution in [1.82, 2.24) is 24.3 Å². The molecule has 0 N–H and O–H groups in total. The van der Waals surface area contributed by atoms with Crippen LogP contribution in [0.25, 0.3) is 11.0 Å². The quantitative estimate of drug-likeness (QED) is 0.555. The van der Waals surface area contributed by atoms with E-state index in [1.807, 2.05) is 16.7 Å². The van der Waals surface area contributed by atoms with Crippen LogP contribution in [0.1, 0.15) is 43.3 Å². The first-order chi connectivity index (χ1) is 15.5. The summed E-state index contributed by atoms with van der Waals surface area (Å²) in [7, 11) is 0. The maximum absolute atomic E-state index is 12.8. The molecule has 0 aliphatic carbocycles. The number of likely N-dealkylation sites (tertiary alicyclic amines) is 1. The van der Waals surface area contributed by atoms with E-state index in [0.717, 1.165) is 60.4 Å². The van der Waals surface area contributed by atoms with Crippen LogP contribution in [-0.4, -0.2) is 93.2 Å². The summed E-state index contributed by atoms with van der Waals surface area (Å²) in [5.41, 5.74) is 4.53. The third-order valence-electron chi connectivity index (χ3n) is 6.84. The van der Waals surface area contributed by atoms with Crippen molar-refractivity contribution < 1.29 is 14.3 Å². The van der Waals surface area contributed by atoms with Crippen molar-refractivity contribution in [3.63, 3.8) is 0 Å². The number of urea groups is 1. The molecule has 8 nitrogen and oxygen atoms in total. The molecule has 4 heterocycles. The number of rotatable bonds is 6. The molecule has 176 valence electrons. The molecule has 2 aromatic heterocycles. The van der Waals surface area contributed by atoms with Gasteiger partial charge in [0.15, 0.2) is 0 Å². The molecule has 0 saturated carbocycles. The van der Waals surface area contributed by atoms with Crippen LogP contribution >= 0.6 is 0 Å². The molecule has 2 aliphatic rings. The molecule has 4 rings (SSSR count). The Morgan fingerprint density at radius 2 is 1.81 bits per heavy atom. The van der Waals surface area contributed by atoms with Crippen molar-refractivity contribution in [2.45, 2.75) is 53.2 Å². The molecule has 2 amide bonds. The third kappa shape index (κ3) is 4.97. The summed E-state index contributed by atoms with van der Waals surface area (Å²) in [5, 5.41) is 0. The summed E-state index contributed by atoms with van der Waals surface area (Å²) in [6.07, 6.45) is 3.21. The Morgan fingerprint density at radius 3 is 2.50 bits per heavy atom. The SMILES string of the molecule is CCOCc1nc2c([AsH2])nc(C)c(C)c2n1CCC1CCN(C(=O)N2CCOCC2)CC1. The Balaban J connectivity index is 1.42. The predicted molar refractivity (Wildman–Crippen MR) is 127 cm³/mol. The Hall–Kier alpha value is -1.63. The molecule has 32 heavy (non-hydrogen) atoms. The molecule has 1 atom stereocenters. The van der Waals surface area contributed by atoms with Gasteiger partial charge in [-0.15, -0.1) is 0 Å². The van der Waals surface area contributed by atoms with Crippen LogP contribution in [0.15, 0.2) is 0 Å². The Morgan fingerprint density at radius 1 is 1.12 bits per heavy atom. The van der Waals surface area contributed by atoms with Gasteiger partial charge in [0.2, 0.25) is 0 Å². The molecular weight excluding hydrogens is 469 g/mol. The number of ether oxygens (including phenoxy) is 2. The average Bonchev–Trinajstić information content (AvgIpc) is 3.19. The van der Waals surface area contributed by atoms with Gasteiger partial charge in [-0.1, -0.05) is 0 Å². The number of fused-ring (bicyclic) bond motifs is 1. The fourth-order valence-electron chi connectivity index (χ4n) is 4.77. The zero-order valence-electron chi connectivity index (χ0n) is 19.6. The first-order valence-electron chi connectivity index (χ1n) is 11.8. The second-order valence-corrected chi connectivity index (χ2v) is 9.97. The maximum atomic E-state index is 12.8. The molecule has 2 aliphatic heterocycles. The number of imidazole rings is 1. The van der Waals surface area contributed by atoms with Crippen molar-refractivity contribution in [1.29, 1.82) is 0 Å². The number of carbonyl (C=O) groups excluding carboxylic acids is 1. The van der Waals surface area contributed by atoms with Crippen LogP contribution < -0.4 is 4.48 Å². The predicted octanol–water partition coefficient (Wildman–Crippen LogP) is 1.40. The summed E-state index contributed by atoms with van der Waals surface area (Å²) < 4.78 is 14.5. The van der Waals surface area contributed by atoms with E-state index in [1.165, 1.54) is 27.9 Å². The van der Waals surface area contributed by atoms with Crippen LogP contribution in [0.5, 0.6) is 0 Å². The van der Waals surface area contributed by atoms with Gasteiger partial charge >= 0.3 is 168 Å². The van der Waals surface area contributed by atoms with Crippen LogP contribution in [-0.2, 0) is 22.6 Å². The topological polar surface area (TPSA) is 72.7 Å². The van der Waals surface area contributed by atoms with E-state index in [1.54, 1.807) is 0 Å². The number of hydrogen-bond donors (Lipinski definition) is 0. The zero-order chi connectivity index (χ0) is 22.7. The molecule has 1 unspecified atom stereocenters. The molecule has 0 aromatic carbocycles. The van der Waals surface area contributed by atoms with Gasteiger partial charge in [0.05, 0.1) is 13.2 Å². The van der Waals surface area contributed by atoms with Gasteiger partial charge in [0.25, 0.3) is 0 Å². The van der Waals surface area contributed by atoms with E-state index in [-0.39, 0.29) is 6.03 Å². The normalized spacial score (nSPS) is 18.0. The van der Waals surface area contributed by atoms with Crippen LogP contribution in [0.2, 0.25) is 0 Å². The Kier molecular flexibility index (Phi) is 7.74. The average molecular weight is 505 g/mol. The van der Waals surface area contributed by atoms with E-state index in [0.29, 0.717) is 45.4 Å². The Bertz CT molecular complexity index is 949. The molecule has 0 bridgehead atoms. The summed E-state index contributed by atoms with van der Waals surface area (Å²) in [6, 6.07) is 0.183. The number of hydrogen-bond acceptors (Lipinski definition) is 5. The van der Waals surface area contributed by atoms with E-state index >= 15 is 0 Å². The molecule has 0 radical (unpaired) electrons. The standard InChI is InChI=1S/C23H36AsN5O3/c1-4-31-15-19-26-20-21(16(2)17(3)25-22(20)24)29(19)10-7-18-5-8-27(9-6-18)23(30)28-11-13-32-14-12-28/h18H,4-15,24H2,1-3H3. The first kappa shape index (κ1) is 23.5. The van der Waals surface area contributed by atoms with Gasteiger partial charge in [-0.3, -0.25) is 0 Å². The minimum absolute atomic E-state index is 0.183. The van der Waals surface area contributed by atoms with Gasteiger partial charge in [-0.25, -0.2) is 0 Å². The van der Waals surface area contributed by atoms with Gasteiger partial charge < -0.3 is 4.74 Å². The van der Waals surface area contributed by atoms with Gasteiger partial charge in [-0.05, 0) is 0 Å². The second kappa shape index (κ2) is 10.5. The monoisotopic (exact) mass is 505 g/mol. The number of pyridine rings is 1. The van der Waals surface area contributed by atoms with Crippen LogP contribution in [0, 0.1) is 19.8 Å². The number of aryl methyl sites for hydroxylation is 3. The first-order valence-corrected chi connectivity index (χ1v) is 13.0. The van der Waals surface area contributed by atoms with Crippen molar-refractivity contribution in [2.24, 2.45) is 5.92 Å². The van der Waals surface area contributed by atoms with Gasteiger partial charge in [0, 0.05) is 13.1 Å². The number of nitrogens with zero attached hydrogens (tertiary/aromatic N) is 5. The third-order valence-corrected chi connectivity index (χ3v) is 7.68. The number of aromatic nitrogens is 3. The molecule has 9 heteroatoms. The van der Waals surface area contributed by atoms with Gasteiger partial charge in [0.1, 0.15) is 0 Å². The molecule has 2 aromatic rings. The Labute approximate surface area is 199 Å². The van der Waals surface area contributed by atoms with E-state index in [2.05, 4.69) is 18.4 Å². The number of carbonyl (C=O) groups is 1. The molecular formula is C23H36AsN5O3. The fraction of sp³-hybridized carbons (Fsp3) is 0.696. The minimum atomic E-state index is 0.183. The second-order valence-electron chi connectivity index (χ2n) is 8.82. The summed E-state index contributed by atoms with van der Waals surface area (Å²) in [5.74, 6) is 1.62. The van der Waals surface area contributed by atoms with Crippen LogP contribution in [0.3, 0.4) is 0 Å². The molecule has 0 spiro atoms. The zero-order valence-corrected chi connectivity index (χ0v) is 22.0.